The summed E-state index contributed by atoms with van der Waals surface area (Å²) in [6, 6.07) is 55.7. The maximum Gasteiger partial charge on any atom is 0.138 e. The Kier molecular flexibility index (Phi) is 5.72. The highest BCUT2D eigenvalue weighted by molar-refractivity contribution is 8.26. The Morgan fingerprint density at radius 2 is 0.723 bits per heavy atom. The lowest BCUT2D eigenvalue weighted by molar-refractivity contribution is 0.488. The van der Waals surface area contributed by atoms with Crippen LogP contribution < -0.4 is 30.5 Å². The van der Waals surface area contributed by atoms with Crippen molar-refractivity contribution in [1.82, 2.24) is 0 Å². The second-order valence-corrected chi connectivity index (χ2v) is 16.3. The van der Waals surface area contributed by atoms with Crippen LogP contribution in [0.5, 0.6) is 11.5 Å². The lowest BCUT2D eigenvalue weighted by atomic mass is 10.0. The molecule has 7 aromatic rings. The maximum absolute atomic E-state index is 7.04. The highest BCUT2D eigenvalue weighted by Gasteiger charge is 2.50. The fourth-order valence-corrected chi connectivity index (χ4v) is 12.7. The van der Waals surface area contributed by atoms with Crippen LogP contribution in [0, 0.1) is 0 Å². The number of benzene rings is 7. The van der Waals surface area contributed by atoms with Crippen LogP contribution in [0.15, 0.2) is 164 Å². The molecule has 10 rings (SSSR count). The molecule has 0 aromatic heterocycles. The largest absolute Gasteiger partial charge is 0.456 e. The number of hydrogen-bond donors (Lipinski definition) is 0. The second-order valence-electron chi connectivity index (χ2n) is 12.1. The summed E-state index contributed by atoms with van der Waals surface area (Å²) in [5.74, 6) is 1.73. The molecule has 0 aliphatic carbocycles. The molecule has 0 bridgehead atoms. The first-order valence-electron chi connectivity index (χ1n) is 15.8. The van der Waals surface area contributed by atoms with Crippen LogP contribution in [0.2, 0.25) is 0 Å². The Balaban J connectivity index is 1.20. The molecule has 7 aromatic carbocycles. The van der Waals surface area contributed by atoms with Crippen molar-refractivity contribution in [3.63, 3.8) is 0 Å². The van der Waals surface area contributed by atoms with Gasteiger partial charge in [0.05, 0.1) is 39.4 Å². The second kappa shape index (κ2) is 10.0. The summed E-state index contributed by atoms with van der Waals surface area (Å²) in [5.41, 5.74) is 11.4. The fourth-order valence-electron chi connectivity index (χ4n) is 7.52. The summed E-state index contributed by atoms with van der Waals surface area (Å²) in [5, 5.41) is 3.50. The van der Waals surface area contributed by atoms with Gasteiger partial charge in [-0.25, -0.2) is 0 Å². The molecule has 3 aliphatic heterocycles. The van der Waals surface area contributed by atoms with Crippen LogP contribution >= 0.6 is 6.04 Å². The Hall–Kier alpha value is -5.41. The lowest BCUT2D eigenvalue weighted by Gasteiger charge is -2.48. The highest BCUT2D eigenvalue weighted by Crippen LogP contribution is 2.66. The molecule has 0 radical (unpaired) electrons. The molecule has 0 saturated heterocycles. The number of nitrogens with zero attached hydrogens (tertiary/aromatic N) is 2. The van der Waals surface area contributed by atoms with Crippen LogP contribution in [0.4, 0.5) is 34.1 Å². The van der Waals surface area contributed by atoms with Crippen LogP contribution in [0.25, 0.3) is 22.3 Å². The first-order valence-corrected chi connectivity index (χ1v) is 18.6. The third-order valence-corrected chi connectivity index (χ3v) is 14.4. The lowest BCUT2D eigenvalue weighted by Crippen LogP contribution is -2.45. The molecule has 0 spiro atoms. The van der Waals surface area contributed by atoms with E-state index in [1.165, 1.54) is 27.6 Å². The molecule has 0 saturated carbocycles. The van der Waals surface area contributed by atoms with Crippen molar-refractivity contribution in [3.05, 3.63) is 164 Å². The van der Waals surface area contributed by atoms with E-state index in [1.54, 1.807) is 0 Å². The predicted octanol–water partition coefficient (Wildman–Crippen LogP) is 10.4. The maximum atomic E-state index is 7.04. The van der Waals surface area contributed by atoms with Gasteiger partial charge in [-0.3, -0.25) is 0 Å². The van der Waals surface area contributed by atoms with Gasteiger partial charge < -0.3 is 14.5 Å². The van der Waals surface area contributed by atoms with E-state index in [4.69, 9.17) is 16.5 Å². The smallest absolute Gasteiger partial charge is 0.138 e. The van der Waals surface area contributed by atoms with E-state index >= 15 is 0 Å². The molecule has 3 heterocycles. The fraction of sp³-hybridized carbons (Fsp3) is 0. The van der Waals surface area contributed by atoms with Crippen LogP contribution in [0.3, 0.4) is 0 Å². The molecule has 0 N–H and O–H groups in total. The molecule has 0 amide bonds. The van der Waals surface area contributed by atoms with E-state index in [0.717, 1.165) is 56.2 Å². The van der Waals surface area contributed by atoms with E-state index in [1.807, 2.05) is 0 Å². The van der Waals surface area contributed by atoms with Gasteiger partial charge in [0.1, 0.15) is 11.5 Å². The average molecular weight is 639 g/mol. The first-order chi connectivity index (χ1) is 23.2. The zero-order valence-corrected chi connectivity index (χ0v) is 27.0. The minimum absolute atomic E-state index is 0.863. The molecule has 47 heavy (non-hydrogen) atoms. The molecule has 0 unspecified atom stereocenters. The molecule has 3 aliphatic rings. The number of anilines is 6. The molecule has 0 fully saturated rings. The SMILES string of the molecule is S=P12c3c4cccc3N(c3ccc(-c5ccccc5)cc3)c3cccc(c31)N(c1ccc(-c3ccccc3)cc1)c1cccc(c12)O4. The van der Waals surface area contributed by atoms with Gasteiger partial charge in [0.15, 0.2) is 0 Å². The summed E-state index contributed by atoms with van der Waals surface area (Å²) in [6.45, 7) is 0. The van der Waals surface area contributed by atoms with Gasteiger partial charge in [0.25, 0.3) is 0 Å². The zero-order chi connectivity index (χ0) is 31.1. The number of rotatable bonds is 4. The normalized spacial score (nSPS) is 14.3. The van der Waals surface area contributed by atoms with Crippen LogP contribution in [-0.2, 0) is 11.8 Å². The van der Waals surface area contributed by atoms with E-state index in [0.29, 0.717) is 0 Å². The minimum atomic E-state index is -2.49. The molecule has 3 nitrogen and oxygen atoms in total. The Labute approximate surface area is 279 Å². The monoisotopic (exact) mass is 638 g/mol. The topological polar surface area (TPSA) is 15.7 Å². The number of ether oxygens (including phenoxy) is 1. The zero-order valence-electron chi connectivity index (χ0n) is 25.2. The minimum Gasteiger partial charge on any atom is -0.456 e. The van der Waals surface area contributed by atoms with Crippen molar-refractivity contribution < 1.29 is 4.74 Å². The highest BCUT2D eigenvalue weighted by atomic mass is 32.4. The van der Waals surface area contributed by atoms with Crippen molar-refractivity contribution in [1.29, 1.82) is 0 Å². The summed E-state index contributed by atoms with van der Waals surface area (Å²) in [6.07, 6.45) is 0. The van der Waals surface area contributed by atoms with Gasteiger partial charge in [-0.05, 0) is 82.9 Å². The average Bonchev–Trinajstić information content (AvgIpc) is 3.13. The van der Waals surface area contributed by atoms with Gasteiger partial charge in [-0.1, -0.05) is 115 Å². The predicted molar refractivity (Wildman–Crippen MR) is 200 cm³/mol. The molecule has 222 valence electrons. The van der Waals surface area contributed by atoms with E-state index in [2.05, 4.69) is 174 Å². The Morgan fingerprint density at radius 3 is 1.15 bits per heavy atom. The van der Waals surface area contributed by atoms with E-state index in [9.17, 15) is 0 Å². The number of hydrogen-bond acceptors (Lipinski definition) is 4. The van der Waals surface area contributed by atoms with E-state index in [-0.39, 0.29) is 0 Å². The van der Waals surface area contributed by atoms with Crippen LogP contribution in [0.1, 0.15) is 0 Å². The molecular weight excluding hydrogens is 612 g/mol. The molecule has 0 atom stereocenters. The Bertz CT molecular complexity index is 2250. The van der Waals surface area contributed by atoms with Crippen LogP contribution in [-0.4, -0.2) is 0 Å². The van der Waals surface area contributed by atoms with Crippen molar-refractivity contribution in [3.8, 4) is 33.8 Å². The molecular formula is C42H27N2OPS. The standard InChI is InChI=1S/C42H27N2OPS/c47-46-40-34-14-7-15-35(40)44(33-26-22-31(23-27-33)29-12-5-2-6-13-29)37-17-9-19-39(42(37)46)45-38-18-8-16-36(41(38)46)43(34)32-24-20-30(21-25-32)28-10-3-1-4-11-28/h1-27H. The van der Waals surface area contributed by atoms with Crippen molar-refractivity contribution >= 4 is 67.9 Å². The first kappa shape index (κ1) is 26.8. The van der Waals surface area contributed by atoms with Gasteiger partial charge in [-0.2, -0.15) is 0 Å². The molecule has 5 heteroatoms. The summed E-state index contributed by atoms with van der Waals surface area (Å²) < 4.78 is 6.74. The van der Waals surface area contributed by atoms with Crippen molar-refractivity contribution in [2.75, 3.05) is 9.80 Å². The summed E-state index contributed by atoms with van der Waals surface area (Å²) >= 11 is 7.04. The van der Waals surface area contributed by atoms with Gasteiger partial charge >= 0.3 is 0 Å². The Morgan fingerprint density at radius 1 is 0.362 bits per heavy atom. The van der Waals surface area contributed by atoms with Gasteiger partial charge in [0.2, 0.25) is 0 Å². The van der Waals surface area contributed by atoms with Gasteiger partial charge in [-0.15, -0.1) is 0 Å². The third kappa shape index (κ3) is 3.77. The van der Waals surface area contributed by atoms with Gasteiger partial charge in [0, 0.05) is 16.7 Å². The third-order valence-electron chi connectivity index (χ3n) is 9.54. The van der Waals surface area contributed by atoms with Crippen molar-refractivity contribution in [2.45, 2.75) is 0 Å². The van der Waals surface area contributed by atoms with E-state index < -0.39 is 6.04 Å². The van der Waals surface area contributed by atoms with Crippen molar-refractivity contribution in [2.24, 2.45) is 0 Å². The summed E-state index contributed by atoms with van der Waals surface area (Å²) in [7, 11) is 0. The quantitative estimate of drug-likeness (QED) is 0.178. The summed E-state index contributed by atoms with van der Waals surface area (Å²) in [4.78, 5) is 4.77.